The number of hydrogen-bond donors (Lipinski definition) is 3. The van der Waals surface area contributed by atoms with Crippen molar-refractivity contribution in [3.63, 3.8) is 0 Å². The summed E-state index contributed by atoms with van der Waals surface area (Å²) in [5, 5.41) is 6.71. The Labute approximate surface area is 99.7 Å². The summed E-state index contributed by atoms with van der Waals surface area (Å²) in [4.78, 5) is 11.7. The zero-order chi connectivity index (χ0) is 11.5. The van der Waals surface area contributed by atoms with E-state index in [4.69, 9.17) is 0 Å². The molecule has 0 saturated carbocycles. The highest BCUT2D eigenvalue weighted by Crippen LogP contribution is 2.18. The Balaban J connectivity index is 1.78. The highest BCUT2D eigenvalue weighted by atomic mass is 15.0. The molecule has 0 saturated heterocycles. The number of fused-ring (bicyclic) bond motifs is 1. The first-order valence-electron chi connectivity index (χ1n) is 5.82. The molecule has 1 aliphatic heterocycles. The molecule has 88 valence electrons. The van der Waals surface area contributed by atoms with Gasteiger partial charge in [0, 0.05) is 44.0 Å². The number of nitrogens with one attached hydrogen (secondary N) is 3. The first-order valence-corrected chi connectivity index (χ1v) is 5.82. The quantitative estimate of drug-likeness (QED) is 0.736. The molecule has 0 fully saturated rings. The van der Waals surface area contributed by atoms with Crippen molar-refractivity contribution in [3.05, 3.63) is 41.6 Å². The second kappa shape index (κ2) is 4.55. The van der Waals surface area contributed by atoms with Crippen molar-refractivity contribution in [2.45, 2.75) is 19.5 Å². The van der Waals surface area contributed by atoms with Gasteiger partial charge in [-0.15, -0.1) is 0 Å². The molecule has 2 aromatic heterocycles. The summed E-state index contributed by atoms with van der Waals surface area (Å²) in [7, 11) is 0. The maximum Gasteiger partial charge on any atom is 0.134 e. The van der Waals surface area contributed by atoms with Crippen molar-refractivity contribution in [1.29, 1.82) is 0 Å². The first kappa shape index (κ1) is 10.3. The van der Waals surface area contributed by atoms with Gasteiger partial charge in [0.15, 0.2) is 0 Å². The molecular weight excluding hydrogens is 214 g/mol. The monoisotopic (exact) mass is 229 g/mol. The number of H-pyrrole nitrogens is 1. The van der Waals surface area contributed by atoms with Crippen LogP contribution in [-0.2, 0) is 19.5 Å². The highest BCUT2D eigenvalue weighted by Gasteiger charge is 2.14. The van der Waals surface area contributed by atoms with Gasteiger partial charge >= 0.3 is 0 Å². The molecule has 2 aromatic rings. The summed E-state index contributed by atoms with van der Waals surface area (Å²) in [6.07, 6.45) is 6.53. The van der Waals surface area contributed by atoms with E-state index >= 15 is 0 Å². The van der Waals surface area contributed by atoms with E-state index in [9.17, 15) is 0 Å². The third-order valence-electron chi connectivity index (χ3n) is 3.00. The molecule has 0 amide bonds. The fourth-order valence-corrected chi connectivity index (χ4v) is 2.08. The largest absolute Gasteiger partial charge is 0.367 e. The Morgan fingerprint density at radius 3 is 3.24 bits per heavy atom. The second-order valence-electron chi connectivity index (χ2n) is 4.15. The third-order valence-corrected chi connectivity index (χ3v) is 3.00. The van der Waals surface area contributed by atoms with Crippen LogP contribution >= 0.6 is 0 Å². The van der Waals surface area contributed by atoms with E-state index in [1.54, 1.807) is 6.33 Å². The van der Waals surface area contributed by atoms with Gasteiger partial charge in [-0.25, -0.2) is 9.97 Å². The Hall–Kier alpha value is -1.88. The number of anilines is 1. The smallest absolute Gasteiger partial charge is 0.134 e. The molecule has 17 heavy (non-hydrogen) atoms. The average molecular weight is 229 g/mol. The molecule has 0 radical (unpaired) electrons. The topological polar surface area (TPSA) is 65.6 Å². The maximum atomic E-state index is 4.33. The van der Waals surface area contributed by atoms with Crippen LogP contribution in [0, 0.1) is 0 Å². The molecule has 0 unspecified atom stereocenters. The summed E-state index contributed by atoms with van der Waals surface area (Å²) in [6, 6.07) is 2.05. The van der Waals surface area contributed by atoms with Crippen LogP contribution in [0.2, 0.25) is 0 Å². The molecule has 0 aliphatic carbocycles. The second-order valence-corrected chi connectivity index (χ2v) is 4.15. The van der Waals surface area contributed by atoms with E-state index in [2.05, 4.69) is 31.7 Å². The van der Waals surface area contributed by atoms with Gasteiger partial charge in [0.1, 0.15) is 12.1 Å². The lowest BCUT2D eigenvalue weighted by Gasteiger charge is -2.18. The van der Waals surface area contributed by atoms with Gasteiger partial charge in [-0.05, 0) is 11.6 Å². The van der Waals surface area contributed by atoms with Crippen LogP contribution < -0.4 is 10.6 Å². The molecule has 0 aromatic carbocycles. The van der Waals surface area contributed by atoms with Crippen molar-refractivity contribution in [2.24, 2.45) is 0 Å². The number of hydrogen-bond acceptors (Lipinski definition) is 4. The molecule has 5 nitrogen and oxygen atoms in total. The van der Waals surface area contributed by atoms with E-state index in [0.717, 1.165) is 37.6 Å². The Morgan fingerprint density at radius 1 is 1.35 bits per heavy atom. The molecule has 3 N–H and O–H groups in total. The fraction of sp³-hybridized carbons (Fsp3) is 0.333. The lowest BCUT2D eigenvalue weighted by molar-refractivity contribution is 0.627. The predicted octanol–water partition coefficient (Wildman–Crippen LogP) is 1.06. The predicted molar refractivity (Wildman–Crippen MR) is 65.6 cm³/mol. The Morgan fingerprint density at radius 2 is 2.35 bits per heavy atom. The standard InChI is InChI=1S/C12H15N5/c1-3-13-5-9(1)6-15-12-10-7-14-4-2-11(10)16-8-17-12/h1,3,5,8,13-14H,2,4,6-7H2,(H,15,16,17). The van der Waals surface area contributed by atoms with Gasteiger partial charge < -0.3 is 15.6 Å². The average Bonchev–Trinajstić information content (AvgIpc) is 2.89. The molecule has 0 spiro atoms. The molecule has 3 heterocycles. The SMILES string of the molecule is c1nc2c(c(NCc3cc[nH]c3)n1)CNCC2. The van der Waals surface area contributed by atoms with Gasteiger partial charge in [-0.1, -0.05) is 0 Å². The minimum atomic E-state index is 0.785. The lowest BCUT2D eigenvalue weighted by atomic mass is 10.1. The van der Waals surface area contributed by atoms with Gasteiger partial charge in [0.05, 0.1) is 5.69 Å². The zero-order valence-corrected chi connectivity index (χ0v) is 9.53. The Bertz CT molecular complexity index is 492. The maximum absolute atomic E-state index is 4.33. The number of aromatic nitrogens is 3. The highest BCUT2D eigenvalue weighted by molar-refractivity contribution is 5.47. The Kier molecular flexibility index (Phi) is 2.75. The van der Waals surface area contributed by atoms with E-state index in [0.29, 0.717) is 0 Å². The van der Waals surface area contributed by atoms with Crippen LogP contribution in [0.25, 0.3) is 0 Å². The van der Waals surface area contributed by atoms with Crippen LogP contribution in [0.3, 0.4) is 0 Å². The summed E-state index contributed by atoms with van der Waals surface area (Å²) in [5.41, 5.74) is 3.59. The molecule has 5 heteroatoms. The molecule has 0 atom stereocenters. The summed E-state index contributed by atoms with van der Waals surface area (Å²) in [6.45, 7) is 2.64. The minimum Gasteiger partial charge on any atom is -0.367 e. The number of rotatable bonds is 3. The van der Waals surface area contributed by atoms with Gasteiger partial charge in [-0.3, -0.25) is 0 Å². The third kappa shape index (κ3) is 2.14. The summed E-state index contributed by atoms with van der Waals surface area (Å²) < 4.78 is 0. The van der Waals surface area contributed by atoms with Gasteiger partial charge in [0.2, 0.25) is 0 Å². The van der Waals surface area contributed by atoms with Gasteiger partial charge in [-0.2, -0.15) is 0 Å². The van der Waals surface area contributed by atoms with Crippen molar-refractivity contribution >= 4 is 5.82 Å². The number of nitrogens with zero attached hydrogens (tertiary/aromatic N) is 2. The van der Waals surface area contributed by atoms with Crippen LogP contribution in [0.1, 0.15) is 16.8 Å². The normalized spacial score (nSPS) is 14.4. The van der Waals surface area contributed by atoms with E-state index in [-0.39, 0.29) is 0 Å². The zero-order valence-electron chi connectivity index (χ0n) is 9.53. The van der Waals surface area contributed by atoms with Crippen molar-refractivity contribution in [3.8, 4) is 0 Å². The van der Waals surface area contributed by atoms with Crippen LogP contribution in [0.15, 0.2) is 24.8 Å². The summed E-state index contributed by atoms with van der Waals surface area (Å²) in [5.74, 6) is 0.948. The molecule has 3 rings (SSSR count). The van der Waals surface area contributed by atoms with E-state index in [1.807, 2.05) is 12.4 Å². The van der Waals surface area contributed by atoms with Crippen LogP contribution in [0.5, 0.6) is 0 Å². The minimum absolute atomic E-state index is 0.785. The van der Waals surface area contributed by atoms with Gasteiger partial charge in [0.25, 0.3) is 0 Å². The first-order chi connectivity index (χ1) is 8.43. The fourth-order valence-electron chi connectivity index (χ4n) is 2.08. The molecular formula is C12H15N5. The van der Waals surface area contributed by atoms with E-state index in [1.165, 1.54) is 11.1 Å². The van der Waals surface area contributed by atoms with Crippen molar-refractivity contribution in [2.75, 3.05) is 11.9 Å². The number of aromatic amines is 1. The van der Waals surface area contributed by atoms with E-state index < -0.39 is 0 Å². The van der Waals surface area contributed by atoms with Crippen LogP contribution in [0.4, 0.5) is 5.82 Å². The lowest BCUT2D eigenvalue weighted by Crippen LogP contribution is -2.26. The van der Waals surface area contributed by atoms with Crippen LogP contribution in [-0.4, -0.2) is 21.5 Å². The summed E-state index contributed by atoms with van der Waals surface area (Å²) >= 11 is 0. The van der Waals surface area contributed by atoms with Crippen molar-refractivity contribution in [1.82, 2.24) is 20.3 Å². The molecule has 1 aliphatic rings. The van der Waals surface area contributed by atoms with Crippen molar-refractivity contribution < 1.29 is 0 Å². The molecule has 0 bridgehead atoms.